The minimum absolute atomic E-state index is 0.290. The van der Waals surface area contributed by atoms with Crippen molar-refractivity contribution in [3.8, 4) is 0 Å². The summed E-state index contributed by atoms with van der Waals surface area (Å²) in [6.45, 7) is 0.947. The van der Waals surface area contributed by atoms with E-state index in [0.717, 1.165) is 11.6 Å². The van der Waals surface area contributed by atoms with Gasteiger partial charge in [0.25, 0.3) is 0 Å². The van der Waals surface area contributed by atoms with E-state index in [2.05, 4.69) is 4.98 Å². The lowest BCUT2D eigenvalue weighted by atomic mass is 10.5. The monoisotopic (exact) mass is 174 g/mol. The zero-order valence-corrected chi connectivity index (χ0v) is 7.27. The highest BCUT2D eigenvalue weighted by Gasteiger charge is 2.00. The van der Waals surface area contributed by atoms with Gasteiger partial charge in [0, 0.05) is 18.1 Å². The number of hydrogen-bond donors (Lipinski definition) is 0. The fourth-order valence-electron chi connectivity index (χ4n) is 0.785. The van der Waals surface area contributed by atoms with Gasteiger partial charge in [-0.25, -0.2) is 9.37 Å². The normalized spacial score (nSPS) is 10.8. The van der Waals surface area contributed by atoms with Gasteiger partial charge in [0.1, 0.15) is 11.7 Å². The van der Waals surface area contributed by atoms with Crippen molar-refractivity contribution in [3.05, 3.63) is 16.6 Å². The molecule has 0 unspecified atom stereocenters. The second kappa shape index (κ2) is 4.41. The van der Waals surface area contributed by atoms with Gasteiger partial charge < -0.3 is 0 Å². The van der Waals surface area contributed by atoms with Crippen LogP contribution in [0.4, 0.5) is 4.39 Å². The zero-order valence-electron chi connectivity index (χ0n) is 6.46. The average Bonchev–Trinajstić information content (AvgIpc) is 2.40. The molecule has 0 aliphatic carbocycles. The summed E-state index contributed by atoms with van der Waals surface area (Å²) < 4.78 is 11.8. The Morgan fingerprint density at radius 3 is 3.09 bits per heavy atom. The third-order valence-corrected chi connectivity index (χ3v) is 2.12. The highest BCUT2D eigenvalue weighted by molar-refractivity contribution is 7.09. The average molecular weight is 174 g/mol. The Labute approximate surface area is 69.7 Å². The first kappa shape index (κ1) is 8.62. The number of alkyl halides is 1. The third-order valence-electron chi connectivity index (χ3n) is 1.35. The molecular formula is C7H11FN2S. The molecule has 0 amide bonds. The molecule has 1 aromatic rings. The first-order valence-electron chi connectivity index (χ1n) is 3.46. The molecule has 4 heteroatoms. The minimum atomic E-state index is -0.290. The van der Waals surface area contributed by atoms with Crippen molar-refractivity contribution in [3.63, 3.8) is 0 Å². The van der Waals surface area contributed by atoms with E-state index in [1.54, 1.807) is 17.5 Å². The van der Waals surface area contributed by atoms with Crippen LogP contribution in [0.3, 0.4) is 0 Å². The highest BCUT2D eigenvalue weighted by atomic mass is 32.1. The molecular weight excluding hydrogens is 163 g/mol. The number of hydrogen-bond acceptors (Lipinski definition) is 3. The predicted molar refractivity (Wildman–Crippen MR) is 44.4 cm³/mol. The van der Waals surface area contributed by atoms with Crippen molar-refractivity contribution in [2.45, 2.75) is 6.54 Å². The van der Waals surface area contributed by atoms with Crippen LogP contribution in [0.25, 0.3) is 0 Å². The lowest BCUT2D eigenvalue weighted by Crippen LogP contribution is -2.20. The summed E-state index contributed by atoms with van der Waals surface area (Å²) in [5.74, 6) is 0. The summed E-state index contributed by atoms with van der Waals surface area (Å²) in [7, 11) is 1.89. The van der Waals surface area contributed by atoms with E-state index in [1.807, 2.05) is 17.3 Å². The Morgan fingerprint density at radius 2 is 2.55 bits per heavy atom. The number of nitrogens with zero attached hydrogens (tertiary/aromatic N) is 2. The van der Waals surface area contributed by atoms with E-state index in [9.17, 15) is 4.39 Å². The van der Waals surface area contributed by atoms with E-state index in [0.29, 0.717) is 6.54 Å². The van der Waals surface area contributed by atoms with Crippen LogP contribution in [-0.4, -0.2) is 30.2 Å². The largest absolute Gasteiger partial charge is 0.297 e. The van der Waals surface area contributed by atoms with Gasteiger partial charge in [-0.15, -0.1) is 11.3 Å². The van der Waals surface area contributed by atoms with Gasteiger partial charge in [-0.3, -0.25) is 4.90 Å². The smallest absolute Gasteiger partial charge is 0.107 e. The fourth-order valence-corrected chi connectivity index (χ4v) is 1.48. The minimum Gasteiger partial charge on any atom is -0.297 e. The van der Waals surface area contributed by atoms with Gasteiger partial charge in [-0.05, 0) is 7.05 Å². The zero-order chi connectivity index (χ0) is 8.10. The summed E-state index contributed by atoms with van der Waals surface area (Å²) in [5.41, 5.74) is 0. The molecule has 0 aliphatic heterocycles. The van der Waals surface area contributed by atoms with Crippen LogP contribution in [-0.2, 0) is 6.54 Å². The predicted octanol–water partition coefficient (Wildman–Crippen LogP) is 1.54. The number of thiazole rings is 1. The standard InChI is InChI=1S/C7H11FN2S/c1-10(4-2-8)6-7-9-3-5-11-7/h3,5H,2,4,6H2,1H3. The van der Waals surface area contributed by atoms with Crippen molar-refractivity contribution in [1.82, 2.24) is 9.88 Å². The quantitative estimate of drug-likeness (QED) is 0.688. The number of aromatic nitrogens is 1. The molecule has 0 N–H and O–H groups in total. The summed E-state index contributed by atoms with van der Waals surface area (Å²) in [6.07, 6.45) is 1.77. The molecule has 11 heavy (non-hydrogen) atoms. The van der Waals surface area contributed by atoms with Crippen LogP contribution in [0.5, 0.6) is 0 Å². The molecule has 1 rings (SSSR count). The molecule has 62 valence electrons. The van der Waals surface area contributed by atoms with Gasteiger partial charge in [-0.2, -0.15) is 0 Å². The van der Waals surface area contributed by atoms with Crippen molar-refractivity contribution < 1.29 is 4.39 Å². The van der Waals surface area contributed by atoms with E-state index < -0.39 is 0 Å². The van der Waals surface area contributed by atoms with Gasteiger partial charge in [0.2, 0.25) is 0 Å². The lowest BCUT2D eigenvalue weighted by molar-refractivity contribution is 0.288. The molecule has 1 aromatic heterocycles. The molecule has 0 bridgehead atoms. The summed E-state index contributed by atoms with van der Waals surface area (Å²) in [6, 6.07) is 0. The van der Waals surface area contributed by atoms with Gasteiger partial charge in [-0.1, -0.05) is 0 Å². The molecule has 0 saturated carbocycles. The van der Waals surface area contributed by atoms with Gasteiger partial charge in [0.15, 0.2) is 0 Å². The molecule has 2 nitrogen and oxygen atoms in total. The molecule has 0 saturated heterocycles. The number of halogens is 1. The van der Waals surface area contributed by atoms with Crippen molar-refractivity contribution >= 4 is 11.3 Å². The molecule has 0 spiro atoms. The Kier molecular flexibility index (Phi) is 3.45. The van der Waals surface area contributed by atoms with Crippen molar-refractivity contribution in [2.24, 2.45) is 0 Å². The molecule has 1 heterocycles. The summed E-state index contributed by atoms with van der Waals surface area (Å²) >= 11 is 1.60. The number of rotatable bonds is 4. The molecule has 0 atom stereocenters. The Balaban J connectivity index is 2.31. The van der Waals surface area contributed by atoms with Crippen LogP contribution in [0.2, 0.25) is 0 Å². The second-order valence-corrected chi connectivity index (χ2v) is 3.33. The van der Waals surface area contributed by atoms with Crippen molar-refractivity contribution in [1.29, 1.82) is 0 Å². The van der Waals surface area contributed by atoms with Crippen LogP contribution in [0.1, 0.15) is 5.01 Å². The summed E-state index contributed by atoms with van der Waals surface area (Å²) in [5, 5.41) is 2.97. The van der Waals surface area contributed by atoms with E-state index in [4.69, 9.17) is 0 Å². The molecule has 0 fully saturated rings. The molecule has 0 radical (unpaired) electrons. The van der Waals surface area contributed by atoms with Gasteiger partial charge in [0.05, 0.1) is 6.54 Å². The third kappa shape index (κ3) is 2.95. The highest BCUT2D eigenvalue weighted by Crippen LogP contribution is 2.05. The van der Waals surface area contributed by atoms with Crippen LogP contribution in [0, 0.1) is 0 Å². The Hall–Kier alpha value is -0.480. The maximum Gasteiger partial charge on any atom is 0.107 e. The van der Waals surface area contributed by atoms with E-state index in [-0.39, 0.29) is 6.67 Å². The summed E-state index contributed by atoms with van der Waals surface area (Å²) in [4.78, 5) is 6.01. The molecule has 0 aromatic carbocycles. The first-order valence-corrected chi connectivity index (χ1v) is 4.34. The molecule has 0 aliphatic rings. The lowest BCUT2D eigenvalue weighted by Gasteiger charge is -2.11. The van der Waals surface area contributed by atoms with Gasteiger partial charge >= 0.3 is 0 Å². The Morgan fingerprint density at radius 1 is 1.73 bits per heavy atom. The SMILES string of the molecule is CN(CCF)Cc1nccs1. The van der Waals surface area contributed by atoms with Crippen LogP contribution >= 0.6 is 11.3 Å². The maximum absolute atomic E-state index is 11.8. The first-order chi connectivity index (χ1) is 5.33. The van der Waals surface area contributed by atoms with E-state index >= 15 is 0 Å². The van der Waals surface area contributed by atoms with Crippen molar-refractivity contribution in [2.75, 3.05) is 20.3 Å². The second-order valence-electron chi connectivity index (χ2n) is 2.35. The van der Waals surface area contributed by atoms with E-state index in [1.165, 1.54) is 0 Å². The topological polar surface area (TPSA) is 16.1 Å². The van der Waals surface area contributed by atoms with Crippen LogP contribution < -0.4 is 0 Å². The maximum atomic E-state index is 11.8. The fraction of sp³-hybridized carbons (Fsp3) is 0.571. The van der Waals surface area contributed by atoms with Crippen LogP contribution in [0.15, 0.2) is 11.6 Å². The Bertz CT molecular complexity index is 188.